The number of hydrogen-bond acceptors (Lipinski definition) is 4. The van der Waals surface area contributed by atoms with Crippen LogP contribution < -0.4 is 5.32 Å². The molecule has 27 heavy (non-hydrogen) atoms. The van der Waals surface area contributed by atoms with Crippen LogP contribution in [-0.2, 0) is 0 Å². The summed E-state index contributed by atoms with van der Waals surface area (Å²) in [5.74, 6) is -0.367. The van der Waals surface area contributed by atoms with Gasteiger partial charge in [0, 0.05) is 47.8 Å². The van der Waals surface area contributed by atoms with Gasteiger partial charge in [-0.05, 0) is 13.0 Å². The Labute approximate surface area is 150 Å². The van der Waals surface area contributed by atoms with Gasteiger partial charge in [-0.25, -0.2) is 14.4 Å². The molecule has 0 spiro atoms. The number of nitrogens with one attached hydrogen (secondary N) is 2. The van der Waals surface area contributed by atoms with Gasteiger partial charge in [0.05, 0.1) is 12.1 Å². The molecule has 0 atom stereocenters. The molecule has 0 bridgehead atoms. The Hall–Kier alpha value is -3.17. The molecule has 6 nitrogen and oxygen atoms in total. The molecule has 140 valence electrons. The van der Waals surface area contributed by atoms with Crippen LogP contribution in [0.25, 0.3) is 27.8 Å². The molecule has 0 saturated carbocycles. The van der Waals surface area contributed by atoms with Crippen molar-refractivity contribution in [3.8, 4) is 11.1 Å². The van der Waals surface area contributed by atoms with Crippen molar-refractivity contribution in [3.05, 3.63) is 42.4 Å². The number of hydrogen-bond donors (Lipinski definition) is 2. The number of anilines is 1. The number of nitrogens with zero attached hydrogens (tertiary/aromatic N) is 4. The average Bonchev–Trinajstić information content (AvgIpc) is 3.16. The van der Waals surface area contributed by atoms with Crippen molar-refractivity contribution < 1.29 is 17.6 Å². The van der Waals surface area contributed by atoms with Crippen molar-refractivity contribution >= 4 is 22.6 Å². The molecule has 0 aliphatic rings. The van der Waals surface area contributed by atoms with E-state index in [0.717, 1.165) is 0 Å². The van der Waals surface area contributed by atoms with Crippen molar-refractivity contribution in [2.24, 2.45) is 0 Å². The van der Waals surface area contributed by atoms with Crippen LogP contribution in [0.15, 0.2) is 30.9 Å². The standard InChI is InChI=1S/C17H14F4N6/c1-9-7-27-8-10(4-13(18)15(27)25-9)11-5-23-14-12(11)6-24-16(26-14)22-3-2-17(19,20)21/h4-8H,2-3H2,1H3,(H2,22,23,24,26). The monoisotopic (exact) mass is 378 g/mol. The Morgan fingerprint density at radius 3 is 2.81 bits per heavy atom. The van der Waals surface area contributed by atoms with Gasteiger partial charge in [0.15, 0.2) is 11.5 Å². The van der Waals surface area contributed by atoms with E-state index in [4.69, 9.17) is 0 Å². The van der Waals surface area contributed by atoms with Crippen LogP contribution in [0.5, 0.6) is 0 Å². The van der Waals surface area contributed by atoms with Crippen LogP contribution in [0.4, 0.5) is 23.5 Å². The lowest BCUT2D eigenvalue weighted by atomic mass is 10.1. The molecule has 2 N–H and O–H groups in total. The van der Waals surface area contributed by atoms with Crippen molar-refractivity contribution in [2.45, 2.75) is 19.5 Å². The molecule has 0 saturated heterocycles. The minimum atomic E-state index is -4.24. The number of fused-ring (bicyclic) bond motifs is 2. The van der Waals surface area contributed by atoms with Crippen LogP contribution in [0.1, 0.15) is 12.1 Å². The lowest BCUT2D eigenvalue weighted by molar-refractivity contribution is -0.131. The number of imidazole rings is 1. The van der Waals surface area contributed by atoms with Gasteiger partial charge < -0.3 is 14.7 Å². The zero-order valence-electron chi connectivity index (χ0n) is 14.1. The summed E-state index contributed by atoms with van der Waals surface area (Å²) in [6.45, 7) is 1.46. The maximum atomic E-state index is 14.3. The summed E-state index contributed by atoms with van der Waals surface area (Å²) >= 11 is 0. The van der Waals surface area contributed by atoms with Gasteiger partial charge in [0.25, 0.3) is 0 Å². The van der Waals surface area contributed by atoms with Gasteiger partial charge in [0.2, 0.25) is 5.95 Å². The number of pyridine rings is 1. The van der Waals surface area contributed by atoms with Crippen LogP contribution >= 0.6 is 0 Å². The van der Waals surface area contributed by atoms with E-state index in [1.54, 1.807) is 29.9 Å². The third kappa shape index (κ3) is 3.42. The largest absolute Gasteiger partial charge is 0.390 e. The normalized spacial score (nSPS) is 12.2. The molecule has 4 rings (SSSR count). The number of aromatic amines is 1. The molecule has 0 aliphatic heterocycles. The van der Waals surface area contributed by atoms with Crippen LogP contribution in [0, 0.1) is 12.7 Å². The predicted octanol–water partition coefficient (Wildman–Crippen LogP) is 4.08. The third-order valence-electron chi connectivity index (χ3n) is 4.06. The summed E-state index contributed by atoms with van der Waals surface area (Å²) in [6, 6.07) is 1.37. The lowest BCUT2D eigenvalue weighted by Crippen LogP contribution is -2.15. The van der Waals surface area contributed by atoms with Gasteiger partial charge in [-0.2, -0.15) is 18.2 Å². The van der Waals surface area contributed by atoms with E-state index in [1.807, 2.05) is 0 Å². The zero-order chi connectivity index (χ0) is 19.2. The summed E-state index contributed by atoms with van der Waals surface area (Å²) in [6.07, 6.45) is 1.39. The number of alkyl halides is 3. The third-order valence-corrected chi connectivity index (χ3v) is 4.06. The molecule has 0 amide bonds. The van der Waals surface area contributed by atoms with E-state index in [-0.39, 0.29) is 18.1 Å². The van der Waals surface area contributed by atoms with Crippen LogP contribution in [0.3, 0.4) is 0 Å². The Bertz CT molecular complexity index is 1130. The Kier molecular flexibility index (Phi) is 3.97. The molecular formula is C17H14F4N6. The fraction of sp³-hybridized carbons (Fsp3) is 0.235. The van der Waals surface area contributed by atoms with Crippen molar-refractivity contribution in [2.75, 3.05) is 11.9 Å². The first-order valence-corrected chi connectivity index (χ1v) is 8.10. The van der Waals surface area contributed by atoms with E-state index < -0.39 is 18.4 Å². The van der Waals surface area contributed by atoms with E-state index in [1.165, 1.54) is 12.3 Å². The highest BCUT2D eigenvalue weighted by atomic mass is 19.4. The molecule has 0 radical (unpaired) electrons. The van der Waals surface area contributed by atoms with Gasteiger partial charge >= 0.3 is 6.18 Å². The van der Waals surface area contributed by atoms with E-state index >= 15 is 0 Å². The molecule has 10 heteroatoms. The van der Waals surface area contributed by atoms with Crippen molar-refractivity contribution in [3.63, 3.8) is 0 Å². The highest BCUT2D eigenvalue weighted by Crippen LogP contribution is 2.29. The van der Waals surface area contributed by atoms with Crippen molar-refractivity contribution in [1.82, 2.24) is 24.3 Å². The quantitative estimate of drug-likeness (QED) is 0.525. The summed E-state index contributed by atoms with van der Waals surface area (Å²) < 4.78 is 52.6. The van der Waals surface area contributed by atoms with Gasteiger partial charge in [0.1, 0.15) is 5.65 Å². The minimum absolute atomic E-state index is 0.0898. The average molecular weight is 378 g/mol. The lowest BCUT2D eigenvalue weighted by Gasteiger charge is -2.07. The first-order valence-electron chi connectivity index (χ1n) is 8.10. The van der Waals surface area contributed by atoms with Gasteiger partial charge in [-0.15, -0.1) is 0 Å². The smallest absolute Gasteiger partial charge is 0.354 e. The Morgan fingerprint density at radius 1 is 1.22 bits per heavy atom. The second-order valence-electron chi connectivity index (χ2n) is 6.14. The fourth-order valence-electron chi connectivity index (χ4n) is 2.87. The summed E-state index contributed by atoms with van der Waals surface area (Å²) in [5.41, 5.74) is 2.66. The van der Waals surface area contributed by atoms with Crippen molar-refractivity contribution in [1.29, 1.82) is 0 Å². The molecule has 4 aromatic heterocycles. The second kappa shape index (κ2) is 6.22. The number of H-pyrrole nitrogens is 1. The molecule has 0 unspecified atom stereocenters. The molecule has 0 aromatic carbocycles. The SMILES string of the molecule is Cc1cn2cc(-c3c[nH]c4nc(NCCC(F)(F)F)ncc34)cc(F)c2n1. The van der Waals surface area contributed by atoms with E-state index in [0.29, 0.717) is 27.9 Å². The molecule has 0 fully saturated rings. The maximum Gasteiger partial charge on any atom is 0.390 e. The Morgan fingerprint density at radius 2 is 2.04 bits per heavy atom. The molecule has 4 aromatic rings. The zero-order valence-corrected chi connectivity index (χ0v) is 14.1. The molecule has 0 aliphatic carbocycles. The molecular weight excluding hydrogens is 364 g/mol. The fourth-order valence-corrected chi connectivity index (χ4v) is 2.87. The number of aryl methyl sites for hydroxylation is 1. The van der Waals surface area contributed by atoms with E-state index in [2.05, 4.69) is 25.3 Å². The van der Waals surface area contributed by atoms with Gasteiger partial charge in [-0.3, -0.25) is 0 Å². The second-order valence-corrected chi connectivity index (χ2v) is 6.14. The molecule has 4 heterocycles. The van der Waals surface area contributed by atoms with Crippen LogP contribution in [0.2, 0.25) is 0 Å². The highest BCUT2D eigenvalue weighted by molar-refractivity contribution is 5.93. The predicted molar refractivity (Wildman–Crippen MR) is 91.9 cm³/mol. The number of halogens is 4. The number of aromatic nitrogens is 5. The first-order chi connectivity index (χ1) is 12.8. The van der Waals surface area contributed by atoms with Gasteiger partial charge in [-0.1, -0.05) is 0 Å². The number of rotatable bonds is 4. The first kappa shape index (κ1) is 17.3. The van der Waals surface area contributed by atoms with Crippen LogP contribution in [-0.4, -0.2) is 37.1 Å². The summed E-state index contributed by atoms with van der Waals surface area (Å²) in [5, 5.41) is 3.18. The summed E-state index contributed by atoms with van der Waals surface area (Å²) in [4.78, 5) is 15.3. The van der Waals surface area contributed by atoms with E-state index in [9.17, 15) is 17.6 Å². The Balaban J connectivity index is 1.65. The topological polar surface area (TPSA) is 70.9 Å². The maximum absolute atomic E-state index is 14.3. The minimum Gasteiger partial charge on any atom is -0.354 e. The highest BCUT2D eigenvalue weighted by Gasteiger charge is 2.26. The summed E-state index contributed by atoms with van der Waals surface area (Å²) in [7, 11) is 0.